The molecule has 2 bridgehead atoms. The molecule has 0 saturated heterocycles. The molecule has 1 N–H and O–H groups in total. The highest BCUT2D eigenvalue weighted by atomic mass is 16.6. The van der Waals surface area contributed by atoms with E-state index >= 15 is 0 Å². The van der Waals surface area contributed by atoms with E-state index in [-0.39, 0.29) is 11.6 Å². The molecule has 0 aliphatic heterocycles. The van der Waals surface area contributed by atoms with Crippen molar-refractivity contribution in [1.29, 1.82) is 0 Å². The average Bonchev–Trinajstić information content (AvgIpc) is 3.10. The van der Waals surface area contributed by atoms with Gasteiger partial charge in [-0.1, -0.05) is 12.2 Å². The Morgan fingerprint density at radius 1 is 1.29 bits per heavy atom. The Kier molecular flexibility index (Phi) is 3.51. The van der Waals surface area contributed by atoms with Crippen LogP contribution in [-0.2, 0) is 0 Å². The molecule has 6 heteroatoms. The Hall–Kier alpha value is -2.50. The first-order chi connectivity index (χ1) is 10.1. The van der Waals surface area contributed by atoms with Gasteiger partial charge in [0, 0.05) is 29.8 Å². The quantitative estimate of drug-likeness (QED) is 0.399. The van der Waals surface area contributed by atoms with Crippen LogP contribution in [0.1, 0.15) is 23.2 Å². The largest absolute Gasteiger partial charge is 0.271 e. The number of allylic oxidation sites excluding steroid dienone is 2. The molecule has 0 aromatic heterocycles. The minimum Gasteiger partial charge on any atom is -0.267 e. The number of fused-ring (bicyclic) bond motifs is 2. The number of hydrazone groups is 1. The van der Waals surface area contributed by atoms with Crippen LogP contribution >= 0.6 is 0 Å². The Labute approximate surface area is 121 Å². The number of nitrogens with zero attached hydrogens (tertiary/aromatic N) is 2. The lowest BCUT2D eigenvalue weighted by atomic mass is 9.95. The van der Waals surface area contributed by atoms with Crippen molar-refractivity contribution >= 4 is 17.8 Å². The van der Waals surface area contributed by atoms with Crippen LogP contribution in [0.4, 0.5) is 5.69 Å². The summed E-state index contributed by atoms with van der Waals surface area (Å²) in [5.41, 5.74) is 2.78. The summed E-state index contributed by atoms with van der Waals surface area (Å²) in [6, 6.07) is 5.45. The maximum Gasteiger partial charge on any atom is 0.271 e. The van der Waals surface area contributed by atoms with Gasteiger partial charge in [0.2, 0.25) is 0 Å². The van der Waals surface area contributed by atoms with Crippen LogP contribution < -0.4 is 5.43 Å². The molecule has 2 aliphatic carbocycles. The van der Waals surface area contributed by atoms with E-state index in [0.717, 1.165) is 6.42 Å². The van der Waals surface area contributed by atoms with Gasteiger partial charge in [-0.05, 0) is 36.8 Å². The number of benzene rings is 1. The number of hydrogen-bond acceptors (Lipinski definition) is 4. The molecule has 1 fully saturated rings. The molecule has 1 amide bonds. The van der Waals surface area contributed by atoms with Crippen LogP contribution in [0.3, 0.4) is 0 Å². The van der Waals surface area contributed by atoms with E-state index in [1.165, 1.54) is 30.7 Å². The van der Waals surface area contributed by atoms with Crippen LogP contribution in [0.25, 0.3) is 0 Å². The summed E-state index contributed by atoms with van der Waals surface area (Å²) >= 11 is 0. The van der Waals surface area contributed by atoms with Crippen LogP contribution in [-0.4, -0.2) is 17.0 Å². The summed E-state index contributed by atoms with van der Waals surface area (Å²) in [6.45, 7) is 0. The lowest BCUT2D eigenvalue weighted by Crippen LogP contribution is -2.19. The number of rotatable bonds is 4. The second-order valence-corrected chi connectivity index (χ2v) is 5.47. The van der Waals surface area contributed by atoms with Crippen LogP contribution in [0.5, 0.6) is 0 Å². The van der Waals surface area contributed by atoms with E-state index in [2.05, 4.69) is 22.7 Å². The fourth-order valence-corrected chi connectivity index (χ4v) is 2.99. The molecule has 0 heterocycles. The first kappa shape index (κ1) is 13.5. The van der Waals surface area contributed by atoms with E-state index in [1.54, 1.807) is 6.21 Å². The Bertz CT molecular complexity index is 622. The Morgan fingerprint density at radius 2 is 2.05 bits per heavy atom. The summed E-state index contributed by atoms with van der Waals surface area (Å²) in [6.07, 6.45) is 8.57. The van der Waals surface area contributed by atoms with Gasteiger partial charge < -0.3 is 0 Å². The third kappa shape index (κ3) is 2.84. The zero-order valence-electron chi connectivity index (χ0n) is 11.3. The molecule has 2 aliphatic rings. The minimum atomic E-state index is -0.498. The number of carbonyl (C=O) groups is 1. The molecule has 108 valence electrons. The number of amides is 1. The lowest BCUT2D eigenvalue weighted by Gasteiger charge is -2.11. The van der Waals surface area contributed by atoms with Gasteiger partial charge >= 0.3 is 0 Å². The van der Waals surface area contributed by atoms with Gasteiger partial charge in [-0.25, -0.2) is 5.43 Å². The van der Waals surface area contributed by atoms with E-state index in [4.69, 9.17) is 0 Å². The van der Waals surface area contributed by atoms with Crippen molar-refractivity contribution in [3.8, 4) is 0 Å². The first-order valence-corrected chi connectivity index (χ1v) is 6.90. The summed E-state index contributed by atoms with van der Waals surface area (Å²) < 4.78 is 0. The van der Waals surface area contributed by atoms with Gasteiger partial charge in [-0.15, -0.1) is 0 Å². The number of nitrogens with one attached hydrogen (secondary N) is 1. The zero-order chi connectivity index (χ0) is 14.8. The molecule has 1 aromatic rings. The Morgan fingerprint density at radius 3 is 2.62 bits per heavy atom. The van der Waals surface area contributed by atoms with Crippen molar-refractivity contribution in [2.45, 2.75) is 12.8 Å². The second kappa shape index (κ2) is 5.47. The highest BCUT2D eigenvalue weighted by Crippen LogP contribution is 2.42. The number of hydrogen-bond donors (Lipinski definition) is 1. The second-order valence-electron chi connectivity index (χ2n) is 5.47. The summed E-state index contributed by atoms with van der Waals surface area (Å²) in [5, 5.41) is 14.6. The fraction of sp³-hybridized carbons (Fsp3) is 0.333. The maximum absolute atomic E-state index is 11.9. The van der Waals surface area contributed by atoms with Gasteiger partial charge in [0.15, 0.2) is 0 Å². The molecular weight excluding hydrogens is 270 g/mol. The molecule has 0 radical (unpaired) electrons. The van der Waals surface area contributed by atoms with E-state index in [9.17, 15) is 14.9 Å². The first-order valence-electron chi connectivity index (χ1n) is 6.90. The highest BCUT2D eigenvalue weighted by Gasteiger charge is 2.34. The minimum absolute atomic E-state index is 0.0381. The van der Waals surface area contributed by atoms with E-state index < -0.39 is 4.92 Å². The van der Waals surface area contributed by atoms with Crippen LogP contribution in [0, 0.1) is 27.9 Å². The number of nitro groups is 1. The monoisotopic (exact) mass is 285 g/mol. The normalized spacial score (nSPS) is 26.4. The van der Waals surface area contributed by atoms with Gasteiger partial charge in [0.1, 0.15) is 0 Å². The van der Waals surface area contributed by atoms with Crippen molar-refractivity contribution in [2.24, 2.45) is 22.9 Å². The molecule has 3 atom stereocenters. The summed E-state index contributed by atoms with van der Waals surface area (Å²) in [4.78, 5) is 21.9. The maximum atomic E-state index is 11.9. The molecule has 1 saturated carbocycles. The van der Waals surface area contributed by atoms with Crippen molar-refractivity contribution < 1.29 is 9.72 Å². The molecular formula is C15H15N3O3. The molecule has 3 unspecified atom stereocenters. The van der Waals surface area contributed by atoms with Gasteiger partial charge in [-0.3, -0.25) is 14.9 Å². The zero-order valence-corrected chi connectivity index (χ0v) is 11.3. The predicted molar refractivity (Wildman–Crippen MR) is 77.9 cm³/mol. The van der Waals surface area contributed by atoms with Gasteiger partial charge in [0.25, 0.3) is 11.6 Å². The fourth-order valence-electron chi connectivity index (χ4n) is 2.99. The van der Waals surface area contributed by atoms with Gasteiger partial charge in [-0.2, -0.15) is 5.10 Å². The highest BCUT2D eigenvalue weighted by molar-refractivity contribution is 5.94. The smallest absolute Gasteiger partial charge is 0.267 e. The number of nitro benzene ring substituents is 1. The third-order valence-corrected chi connectivity index (χ3v) is 4.10. The topological polar surface area (TPSA) is 84.6 Å². The van der Waals surface area contributed by atoms with Crippen LogP contribution in [0.2, 0.25) is 0 Å². The summed E-state index contributed by atoms with van der Waals surface area (Å²) in [5.74, 6) is 1.25. The number of non-ortho nitro benzene ring substituents is 1. The predicted octanol–water partition coefficient (Wildman–Crippen LogP) is 2.52. The average molecular weight is 285 g/mol. The Balaban J connectivity index is 1.56. The molecule has 1 aromatic carbocycles. The lowest BCUT2D eigenvalue weighted by molar-refractivity contribution is -0.384. The van der Waals surface area contributed by atoms with Crippen LogP contribution in [0.15, 0.2) is 41.5 Å². The van der Waals surface area contributed by atoms with Crippen molar-refractivity contribution in [3.05, 3.63) is 52.1 Å². The van der Waals surface area contributed by atoms with Crippen molar-refractivity contribution in [1.82, 2.24) is 5.43 Å². The number of carbonyl (C=O) groups excluding carboxylic acids is 1. The van der Waals surface area contributed by atoms with Crippen molar-refractivity contribution in [2.75, 3.05) is 0 Å². The standard InChI is InChI=1S/C15H15N3O3/c19-15(11-3-5-14(6-4-11)18(20)21)17-16-9-13-8-10-1-2-12(13)7-10/h1-6,9-10,12-13H,7-8H2,(H,17,19). The molecule has 3 rings (SSSR count). The third-order valence-electron chi connectivity index (χ3n) is 4.10. The summed E-state index contributed by atoms with van der Waals surface area (Å²) in [7, 11) is 0. The molecule has 21 heavy (non-hydrogen) atoms. The van der Waals surface area contributed by atoms with E-state index in [0.29, 0.717) is 23.3 Å². The SMILES string of the molecule is O=C(NN=CC1CC2C=CC1C2)c1ccc([N+](=O)[O-])cc1. The van der Waals surface area contributed by atoms with Crippen molar-refractivity contribution in [3.63, 3.8) is 0 Å². The van der Waals surface area contributed by atoms with Gasteiger partial charge in [0.05, 0.1) is 4.92 Å². The molecule has 0 spiro atoms. The van der Waals surface area contributed by atoms with E-state index in [1.807, 2.05) is 0 Å². The molecule has 6 nitrogen and oxygen atoms in total.